The van der Waals surface area contributed by atoms with Crippen LogP contribution >= 0.6 is 11.8 Å². The lowest BCUT2D eigenvalue weighted by atomic mass is 10.1. The first-order valence-electron chi connectivity index (χ1n) is 5.00. The molecule has 0 aliphatic carbocycles. The molecule has 0 amide bonds. The Morgan fingerprint density at radius 1 is 1.25 bits per heavy atom. The van der Waals surface area contributed by atoms with Crippen LogP contribution in [-0.2, 0) is 6.42 Å². The van der Waals surface area contributed by atoms with Gasteiger partial charge in [0, 0.05) is 10.5 Å². The molecular formula is C13H12O2S. The quantitative estimate of drug-likeness (QED) is 0.597. The van der Waals surface area contributed by atoms with Crippen LogP contribution in [0.3, 0.4) is 0 Å². The number of hydrogen-bond acceptors (Lipinski definition) is 3. The molecule has 0 fully saturated rings. The molecule has 0 unspecified atom stereocenters. The summed E-state index contributed by atoms with van der Waals surface area (Å²) < 4.78 is 5.17. The van der Waals surface area contributed by atoms with E-state index in [1.807, 2.05) is 36.6 Å². The van der Waals surface area contributed by atoms with E-state index in [2.05, 4.69) is 0 Å². The van der Waals surface area contributed by atoms with Gasteiger partial charge in [0.15, 0.2) is 5.78 Å². The summed E-state index contributed by atoms with van der Waals surface area (Å²) >= 11 is 1.58. The smallest absolute Gasteiger partial charge is 0.171 e. The molecule has 1 aromatic carbocycles. The van der Waals surface area contributed by atoms with E-state index in [9.17, 15) is 4.79 Å². The molecule has 0 saturated carbocycles. The number of ketones is 1. The minimum Gasteiger partial charge on any atom is -0.469 e. The van der Waals surface area contributed by atoms with E-state index in [4.69, 9.17) is 4.42 Å². The number of carbonyl (C=O) groups is 1. The molecule has 0 atom stereocenters. The molecule has 0 bridgehead atoms. The summed E-state index contributed by atoms with van der Waals surface area (Å²) in [6.45, 7) is 0. The summed E-state index contributed by atoms with van der Waals surface area (Å²) in [5, 5.41) is 0. The lowest BCUT2D eigenvalue weighted by molar-refractivity contribution is 0.0984. The maximum atomic E-state index is 12.0. The third-order valence-electron chi connectivity index (χ3n) is 2.32. The summed E-state index contributed by atoms with van der Waals surface area (Å²) in [6.07, 6.45) is 3.88. The Balaban J connectivity index is 2.21. The van der Waals surface area contributed by atoms with Gasteiger partial charge < -0.3 is 4.42 Å². The minimum atomic E-state index is 0.0971. The summed E-state index contributed by atoms with van der Waals surface area (Å²) in [5.74, 6) is 0.806. The number of benzene rings is 1. The molecule has 82 valence electrons. The summed E-state index contributed by atoms with van der Waals surface area (Å²) in [5.41, 5.74) is 0.770. The van der Waals surface area contributed by atoms with E-state index in [0.29, 0.717) is 12.2 Å². The highest BCUT2D eigenvalue weighted by atomic mass is 32.2. The standard InChI is InChI=1S/C13H12O2S/c1-16-13-7-3-2-6-11(13)12(14)9-10-5-4-8-15-10/h2-8H,9H2,1H3. The van der Waals surface area contributed by atoms with Crippen LogP contribution < -0.4 is 0 Å². The van der Waals surface area contributed by atoms with Crippen molar-refractivity contribution in [2.45, 2.75) is 11.3 Å². The lowest BCUT2D eigenvalue weighted by Gasteiger charge is -2.04. The minimum absolute atomic E-state index is 0.0971. The predicted molar refractivity (Wildman–Crippen MR) is 65.0 cm³/mol. The highest BCUT2D eigenvalue weighted by Gasteiger charge is 2.12. The Hall–Kier alpha value is -1.48. The molecule has 1 heterocycles. The molecule has 0 aliphatic heterocycles. The second kappa shape index (κ2) is 5.03. The van der Waals surface area contributed by atoms with Gasteiger partial charge in [0.2, 0.25) is 0 Å². The van der Waals surface area contributed by atoms with Gasteiger partial charge in [-0.05, 0) is 24.5 Å². The topological polar surface area (TPSA) is 30.2 Å². The fraction of sp³-hybridized carbons (Fsp3) is 0.154. The first kappa shape index (κ1) is 11.0. The van der Waals surface area contributed by atoms with Crippen LogP contribution in [0.25, 0.3) is 0 Å². The van der Waals surface area contributed by atoms with Crippen LogP contribution in [0.15, 0.2) is 52.0 Å². The predicted octanol–water partition coefficient (Wildman–Crippen LogP) is 3.43. The molecule has 0 radical (unpaired) electrons. The van der Waals surface area contributed by atoms with Gasteiger partial charge in [0.1, 0.15) is 5.76 Å². The largest absolute Gasteiger partial charge is 0.469 e. The van der Waals surface area contributed by atoms with Crippen molar-refractivity contribution in [3.05, 3.63) is 54.0 Å². The van der Waals surface area contributed by atoms with Crippen LogP contribution in [0, 0.1) is 0 Å². The van der Waals surface area contributed by atoms with Gasteiger partial charge in [-0.25, -0.2) is 0 Å². The highest BCUT2D eigenvalue weighted by Crippen LogP contribution is 2.21. The van der Waals surface area contributed by atoms with Gasteiger partial charge in [-0.15, -0.1) is 11.8 Å². The average molecular weight is 232 g/mol. The van der Waals surface area contributed by atoms with Crippen LogP contribution in [0.1, 0.15) is 16.1 Å². The zero-order valence-corrected chi connectivity index (χ0v) is 9.79. The van der Waals surface area contributed by atoms with Gasteiger partial charge in [-0.1, -0.05) is 18.2 Å². The molecule has 0 N–H and O–H groups in total. The van der Waals surface area contributed by atoms with Crippen LogP contribution in [-0.4, -0.2) is 12.0 Å². The SMILES string of the molecule is CSc1ccccc1C(=O)Cc1ccco1. The second-order valence-electron chi connectivity index (χ2n) is 3.38. The Labute approximate surface area is 98.7 Å². The second-order valence-corrected chi connectivity index (χ2v) is 4.23. The lowest BCUT2D eigenvalue weighted by Crippen LogP contribution is -2.04. The Morgan fingerprint density at radius 3 is 2.75 bits per heavy atom. The molecule has 3 heteroatoms. The van der Waals surface area contributed by atoms with Crippen molar-refractivity contribution in [3.63, 3.8) is 0 Å². The van der Waals surface area contributed by atoms with E-state index in [0.717, 1.165) is 10.5 Å². The van der Waals surface area contributed by atoms with E-state index in [-0.39, 0.29) is 5.78 Å². The average Bonchev–Trinajstić information content (AvgIpc) is 2.81. The number of rotatable bonds is 4. The summed E-state index contributed by atoms with van der Waals surface area (Å²) in [7, 11) is 0. The number of hydrogen-bond donors (Lipinski definition) is 0. The highest BCUT2D eigenvalue weighted by molar-refractivity contribution is 7.98. The van der Waals surface area contributed by atoms with E-state index < -0.39 is 0 Å². The molecule has 0 aliphatic rings. The fourth-order valence-corrected chi connectivity index (χ4v) is 2.16. The molecule has 0 saturated heterocycles. The monoisotopic (exact) mass is 232 g/mol. The molecule has 2 aromatic rings. The van der Waals surface area contributed by atoms with Gasteiger partial charge in [0.25, 0.3) is 0 Å². The molecule has 0 spiro atoms. The van der Waals surface area contributed by atoms with Crippen molar-refractivity contribution in [1.82, 2.24) is 0 Å². The maximum absolute atomic E-state index is 12.0. The first-order chi connectivity index (χ1) is 7.81. The van der Waals surface area contributed by atoms with Crippen molar-refractivity contribution < 1.29 is 9.21 Å². The van der Waals surface area contributed by atoms with E-state index in [1.165, 1.54) is 0 Å². The van der Waals surface area contributed by atoms with E-state index in [1.54, 1.807) is 24.1 Å². The van der Waals surface area contributed by atoms with Gasteiger partial charge in [-0.3, -0.25) is 4.79 Å². The van der Waals surface area contributed by atoms with E-state index >= 15 is 0 Å². The Bertz CT molecular complexity index is 474. The molecule has 16 heavy (non-hydrogen) atoms. The molecule has 2 nitrogen and oxygen atoms in total. The molecular weight excluding hydrogens is 220 g/mol. The number of carbonyl (C=O) groups excluding carboxylic acids is 1. The normalized spacial score (nSPS) is 10.3. The fourth-order valence-electron chi connectivity index (χ4n) is 1.54. The number of furan rings is 1. The van der Waals surface area contributed by atoms with Crippen molar-refractivity contribution >= 4 is 17.5 Å². The third-order valence-corrected chi connectivity index (χ3v) is 3.12. The van der Waals surface area contributed by atoms with Gasteiger partial charge in [0.05, 0.1) is 12.7 Å². The Kier molecular flexibility index (Phi) is 3.47. The number of thioether (sulfide) groups is 1. The zero-order chi connectivity index (χ0) is 11.4. The number of Topliss-reactive ketones (excluding diaryl/α,β-unsaturated/α-hetero) is 1. The zero-order valence-electron chi connectivity index (χ0n) is 8.97. The first-order valence-corrected chi connectivity index (χ1v) is 6.22. The van der Waals surface area contributed by atoms with Crippen molar-refractivity contribution in [3.8, 4) is 0 Å². The van der Waals surface area contributed by atoms with Crippen molar-refractivity contribution in [2.75, 3.05) is 6.26 Å². The van der Waals surface area contributed by atoms with Gasteiger partial charge >= 0.3 is 0 Å². The van der Waals surface area contributed by atoms with Crippen molar-refractivity contribution in [1.29, 1.82) is 0 Å². The maximum Gasteiger partial charge on any atom is 0.171 e. The van der Waals surface area contributed by atoms with Crippen LogP contribution in [0.4, 0.5) is 0 Å². The van der Waals surface area contributed by atoms with Gasteiger partial charge in [-0.2, -0.15) is 0 Å². The van der Waals surface area contributed by atoms with Crippen LogP contribution in [0.5, 0.6) is 0 Å². The summed E-state index contributed by atoms with van der Waals surface area (Å²) in [4.78, 5) is 13.0. The summed E-state index contributed by atoms with van der Waals surface area (Å²) in [6, 6.07) is 11.3. The third kappa shape index (κ3) is 2.36. The molecule has 2 rings (SSSR count). The Morgan fingerprint density at radius 2 is 2.06 bits per heavy atom. The van der Waals surface area contributed by atoms with Crippen LogP contribution in [0.2, 0.25) is 0 Å². The molecule has 1 aromatic heterocycles. The van der Waals surface area contributed by atoms with Crippen molar-refractivity contribution in [2.24, 2.45) is 0 Å².